The lowest BCUT2D eigenvalue weighted by Crippen LogP contribution is -2.64. The number of imide groups is 2. The summed E-state index contributed by atoms with van der Waals surface area (Å²) < 4.78 is 0. The van der Waals surface area contributed by atoms with Gasteiger partial charge in [-0.3, -0.25) is 39.1 Å². The van der Waals surface area contributed by atoms with E-state index in [4.69, 9.17) is 11.6 Å². The number of amides is 5. The lowest BCUT2D eigenvalue weighted by Gasteiger charge is -2.52. The first-order valence-corrected chi connectivity index (χ1v) is 16.2. The van der Waals surface area contributed by atoms with E-state index < -0.39 is 29.7 Å². The number of carbonyl (C=O) groups is 5. The fraction of sp³-hybridized carbons (Fsp3) is 0.457. The van der Waals surface area contributed by atoms with Crippen LogP contribution in [0.4, 0.5) is 0 Å². The Kier molecular flexibility index (Phi) is 7.44. The first kappa shape index (κ1) is 29.9. The maximum absolute atomic E-state index is 13.9. The lowest BCUT2D eigenvalue weighted by atomic mass is 9.72. The zero-order valence-electron chi connectivity index (χ0n) is 25.6. The van der Waals surface area contributed by atoms with E-state index in [1.165, 1.54) is 28.8 Å². The van der Waals surface area contributed by atoms with E-state index in [-0.39, 0.29) is 47.4 Å². The summed E-state index contributed by atoms with van der Waals surface area (Å²) in [4.78, 5) is 69.7. The Morgan fingerprint density at radius 1 is 0.911 bits per heavy atom. The van der Waals surface area contributed by atoms with Gasteiger partial charge in [0.05, 0.1) is 11.1 Å². The molecule has 0 radical (unpaired) electrons. The monoisotopic (exact) mass is 628 g/mol. The van der Waals surface area contributed by atoms with Gasteiger partial charge < -0.3 is 4.90 Å². The molecule has 5 amide bonds. The van der Waals surface area contributed by atoms with Crippen molar-refractivity contribution < 1.29 is 24.0 Å². The predicted octanol–water partition coefficient (Wildman–Crippen LogP) is 4.69. The SMILES string of the molecule is CC1(C)CCC(CN2CC3CCC2CN3C(=O)c2ccc3c(c2)C(=O)N(C2CCC(=O)NC2=O)C3=O)=C(c2ccc(Cl)cc2)C1. The summed E-state index contributed by atoms with van der Waals surface area (Å²) in [5.41, 5.74) is 5.03. The van der Waals surface area contributed by atoms with Crippen molar-refractivity contribution in [2.24, 2.45) is 5.41 Å². The molecule has 1 N–H and O–H groups in total. The van der Waals surface area contributed by atoms with Crippen LogP contribution in [-0.2, 0) is 9.59 Å². The number of rotatable bonds is 5. The highest BCUT2D eigenvalue weighted by Crippen LogP contribution is 2.44. The molecule has 8 rings (SSSR count). The van der Waals surface area contributed by atoms with E-state index in [0.29, 0.717) is 12.1 Å². The number of carbonyl (C=O) groups excluding carboxylic acids is 5. The Morgan fingerprint density at radius 2 is 1.64 bits per heavy atom. The highest BCUT2D eigenvalue weighted by molar-refractivity contribution is 6.30. The molecule has 9 nitrogen and oxygen atoms in total. The van der Waals surface area contributed by atoms with E-state index in [2.05, 4.69) is 36.2 Å². The van der Waals surface area contributed by atoms with Crippen molar-refractivity contribution in [3.05, 3.63) is 75.3 Å². The minimum Gasteiger partial charge on any atom is -0.333 e. The molecule has 4 fully saturated rings. The third-order valence-electron chi connectivity index (χ3n) is 10.4. The van der Waals surface area contributed by atoms with E-state index in [1.54, 1.807) is 6.07 Å². The number of piperazine rings is 1. The minimum absolute atomic E-state index is 0.0553. The van der Waals surface area contributed by atoms with Crippen LogP contribution in [-0.4, -0.2) is 82.0 Å². The quantitative estimate of drug-likeness (QED) is 0.482. The summed E-state index contributed by atoms with van der Waals surface area (Å²) in [5.74, 6) is -2.40. The molecule has 2 aromatic carbocycles. The number of piperidine rings is 3. The van der Waals surface area contributed by atoms with Crippen molar-refractivity contribution >= 4 is 46.7 Å². The smallest absolute Gasteiger partial charge is 0.262 e. The van der Waals surface area contributed by atoms with Crippen LogP contribution in [0.25, 0.3) is 5.57 Å². The highest BCUT2D eigenvalue weighted by atomic mass is 35.5. The third-order valence-corrected chi connectivity index (χ3v) is 10.6. The third kappa shape index (κ3) is 5.40. The summed E-state index contributed by atoms with van der Waals surface area (Å²) in [6, 6.07) is 12.1. The van der Waals surface area contributed by atoms with Crippen molar-refractivity contribution in [2.75, 3.05) is 19.6 Å². The largest absolute Gasteiger partial charge is 0.333 e. The predicted molar refractivity (Wildman–Crippen MR) is 169 cm³/mol. The van der Waals surface area contributed by atoms with Crippen molar-refractivity contribution in [3.8, 4) is 0 Å². The second-order valence-corrected chi connectivity index (χ2v) is 14.3. The molecule has 0 spiro atoms. The first-order chi connectivity index (χ1) is 21.5. The van der Waals surface area contributed by atoms with Crippen molar-refractivity contribution in [1.82, 2.24) is 20.0 Å². The van der Waals surface area contributed by atoms with Gasteiger partial charge in [0.1, 0.15) is 6.04 Å². The van der Waals surface area contributed by atoms with Crippen LogP contribution in [0.15, 0.2) is 48.0 Å². The summed E-state index contributed by atoms with van der Waals surface area (Å²) in [6.07, 6.45) is 5.32. The van der Waals surface area contributed by atoms with Crippen LogP contribution in [0.5, 0.6) is 0 Å². The van der Waals surface area contributed by atoms with E-state index >= 15 is 0 Å². The Morgan fingerprint density at radius 3 is 2.36 bits per heavy atom. The Balaban J connectivity index is 1.07. The lowest BCUT2D eigenvalue weighted by molar-refractivity contribution is -0.136. The zero-order chi connectivity index (χ0) is 31.6. The molecule has 45 heavy (non-hydrogen) atoms. The van der Waals surface area contributed by atoms with Crippen LogP contribution in [0.3, 0.4) is 0 Å². The van der Waals surface area contributed by atoms with Gasteiger partial charge in [0.2, 0.25) is 11.8 Å². The number of nitrogens with zero attached hydrogens (tertiary/aromatic N) is 3. The summed E-state index contributed by atoms with van der Waals surface area (Å²) in [6.45, 7) is 6.97. The van der Waals surface area contributed by atoms with Gasteiger partial charge in [-0.15, -0.1) is 0 Å². The maximum Gasteiger partial charge on any atom is 0.262 e. The van der Waals surface area contributed by atoms with Crippen molar-refractivity contribution in [2.45, 2.75) is 76.9 Å². The van der Waals surface area contributed by atoms with Crippen molar-refractivity contribution in [3.63, 3.8) is 0 Å². The molecule has 1 aliphatic carbocycles. The minimum atomic E-state index is -1.04. The van der Waals surface area contributed by atoms with Crippen molar-refractivity contribution in [1.29, 1.82) is 0 Å². The fourth-order valence-electron chi connectivity index (χ4n) is 7.84. The molecular formula is C35H37ClN4O5. The molecule has 4 saturated heterocycles. The van der Waals surface area contributed by atoms with Gasteiger partial charge in [-0.1, -0.05) is 43.2 Å². The molecule has 0 aromatic heterocycles. The van der Waals surface area contributed by atoms with E-state index in [9.17, 15) is 24.0 Å². The number of fused-ring (bicyclic) bond motifs is 4. The average molecular weight is 629 g/mol. The molecule has 3 atom stereocenters. The normalized spacial score (nSPS) is 26.4. The average Bonchev–Trinajstić information content (AvgIpc) is 3.27. The standard InChI is InChI=1S/C35H37ClN4O5/c1-35(2)14-13-22(28(16-35)20-3-6-23(36)7-4-20)17-38-18-25-9-8-24(38)19-39(25)32(43)21-5-10-26-27(15-21)34(45)40(33(26)44)29-11-12-30(41)37-31(29)42/h3-7,10,15,24-25,29H,8-9,11-14,16-19H2,1-2H3,(H,37,41,42). The van der Waals surface area contributed by atoms with Crippen LogP contribution in [0.1, 0.15) is 95.4 Å². The summed E-state index contributed by atoms with van der Waals surface area (Å²) in [5, 5.41) is 2.95. The van der Waals surface area contributed by atoms with Crippen LogP contribution < -0.4 is 5.32 Å². The second kappa shape index (κ2) is 11.2. The van der Waals surface area contributed by atoms with Crippen LogP contribution >= 0.6 is 11.6 Å². The molecule has 10 heteroatoms. The number of benzene rings is 2. The van der Waals surface area contributed by atoms with Gasteiger partial charge in [-0.2, -0.15) is 0 Å². The van der Waals surface area contributed by atoms with E-state index in [1.807, 2.05) is 17.0 Å². The number of allylic oxidation sites excluding steroid dienone is 1. The van der Waals surface area contributed by atoms with Gasteiger partial charge >= 0.3 is 0 Å². The first-order valence-electron chi connectivity index (χ1n) is 15.9. The molecule has 6 aliphatic rings. The summed E-state index contributed by atoms with van der Waals surface area (Å²) in [7, 11) is 0. The molecular weight excluding hydrogens is 592 g/mol. The maximum atomic E-state index is 13.9. The van der Waals surface area contributed by atoms with Gasteiger partial charge in [0.25, 0.3) is 17.7 Å². The Hall–Kier alpha value is -3.82. The van der Waals surface area contributed by atoms with Gasteiger partial charge in [-0.25, -0.2) is 0 Å². The molecule has 0 saturated carbocycles. The van der Waals surface area contributed by atoms with Gasteiger partial charge in [0, 0.05) is 48.7 Å². The topological polar surface area (TPSA) is 107 Å². The van der Waals surface area contributed by atoms with Crippen LogP contribution in [0, 0.1) is 5.41 Å². The number of halogens is 1. The molecule has 3 unspecified atom stereocenters. The molecule has 5 heterocycles. The highest BCUT2D eigenvalue weighted by Gasteiger charge is 2.46. The van der Waals surface area contributed by atoms with Gasteiger partial charge in [-0.05, 0) is 85.4 Å². The fourth-order valence-corrected chi connectivity index (χ4v) is 7.96. The number of hydrogen-bond donors (Lipinski definition) is 1. The van der Waals surface area contributed by atoms with Gasteiger partial charge in [0.15, 0.2) is 0 Å². The molecule has 2 aromatic rings. The summed E-state index contributed by atoms with van der Waals surface area (Å²) >= 11 is 6.20. The number of hydrogen-bond acceptors (Lipinski definition) is 6. The van der Waals surface area contributed by atoms with E-state index in [0.717, 1.165) is 55.1 Å². The second-order valence-electron chi connectivity index (χ2n) is 13.9. The van der Waals surface area contributed by atoms with Crippen LogP contribution in [0.2, 0.25) is 5.02 Å². The molecule has 5 aliphatic heterocycles. The molecule has 234 valence electrons. The zero-order valence-corrected chi connectivity index (χ0v) is 26.4. The Bertz CT molecular complexity index is 1660. The number of nitrogens with one attached hydrogen (secondary N) is 1. The Labute approximate surface area is 267 Å². The molecule has 2 bridgehead atoms.